The standard InChI is InChI=1S/C15H15FN2O2/c1-2-17-13-6-4-3-5-11(13)15(20)18-10-7-8-14(19)12(16)9-10/h3-9,17,19H,2H2,1H3,(H,18,20). The Balaban J connectivity index is 2.21. The minimum atomic E-state index is -0.775. The van der Waals surface area contributed by atoms with Gasteiger partial charge in [0, 0.05) is 24.0 Å². The highest BCUT2D eigenvalue weighted by Gasteiger charge is 2.11. The maximum Gasteiger partial charge on any atom is 0.257 e. The molecule has 104 valence electrons. The van der Waals surface area contributed by atoms with Crippen molar-refractivity contribution in [2.75, 3.05) is 17.2 Å². The molecule has 0 saturated heterocycles. The summed E-state index contributed by atoms with van der Waals surface area (Å²) in [6, 6.07) is 10.8. The molecule has 0 aliphatic carbocycles. The third kappa shape index (κ3) is 3.06. The van der Waals surface area contributed by atoms with E-state index in [0.29, 0.717) is 17.8 Å². The fourth-order valence-electron chi connectivity index (χ4n) is 1.81. The van der Waals surface area contributed by atoms with Crippen molar-refractivity contribution >= 4 is 17.3 Å². The zero-order valence-corrected chi connectivity index (χ0v) is 11.0. The summed E-state index contributed by atoms with van der Waals surface area (Å²) in [5, 5.41) is 14.8. The van der Waals surface area contributed by atoms with E-state index in [1.165, 1.54) is 12.1 Å². The molecule has 0 radical (unpaired) electrons. The zero-order valence-electron chi connectivity index (χ0n) is 11.0. The molecule has 1 amide bonds. The van der Waals surface area contributed by atoms with Gasteiger partial charge in [0.2, 0.25) is 0 Å². The van der Waals surface area contributed by atoms with Crippen molar-refractivity contribution < 1.29 is 14.3 Å². The van der Waals surface area contributed by atoms with Gasteiger partial charge in [0.15, 0.2) is 11.6 Å². The summed E-state index contributed by atoms with van der Waals surface area (Å²) in [4.78, 5) is 12.2. The van der Waals surface area contributed by atoms with E-state index in [0.717, 1.165) is 6.07 Å². The molecule has 0 fully saturated rings. The number of phenols is 1. The van der Waals surface area contributed by atoms with Gasteiger partial charge in [0.25, 0.3) is 5.91 Å². The van der Waals surface area contributed by atoms with Crippen LogP contribution >= 0.6 is 0 Å². The van der Waals surface area contributed by atoms with E-state index < -0.39 is 11.6 Å². The molecule has 0 aliphatic rings. The molecule has 0 spiro atoms. The molecule has 0 saturated carbocycles. The smallest absolute Gasteiger partial charge is 0.257 e. The zero-order chi connectivity index (χ0) is 14.5. The summed E-state index contributed by atoms with van der Waals surface area (Å²) in [6.45, 7) is 2.63. The Morgan fingerprint density at radius 3 is 2.70 bits per heavy atom. The van der Waals surface area contributed by atoms with Gasteiger partial charge in [-0.05, 0) is 31.2 Å². The average Bonchev–Trinajstić information content (AvgIpc) is 2.44. The maximum atomic E-state index is 13.2. The Morgan fingerprint density at radius 2 is 2.00 bits per heavy atom. The van der Waals surface area contributed by atoms with Crippen LogP contribution < -0.4 is 10.6 Å². The quantitative estimate of drug-likeness (QED) is 0.750. The Morgan fingerprint density at radius 1 is 1.25 bits per heavy atom. The number of rotatable bonds is 4. The summed E-state index contributed by atoms with van der Waals surface area (Å²) in [5.41, 5.74) is 1.48. The van der Waals surface area contributed by atoms with E-state index in [9.17, 15) is 9.18 Å². The largest absolute Gasteiger partial charge is 0.505 e. The van der Waals surface area contributed by atoms with Crippen LogP contribution in [0.2, 0.25) is 0 Å². The van der Waals surface area contributed by atoms with Crippen molar-refractivity contribution in [3.05, 3.63) is 53.8 Å². The van der Waals surface area contributed by atoms with Crippen molar-refractivity contribution in [3.8, 4) is 5.75 Å². The van der Waals surface area contributed by atoms with Crippen LogP contribution in [0.4, 0.5) is 15.8 Å². The van der Waals surface area contributed by atoms with Gasteiger partial charge in [0.05, 0.1) is 5.56 Å². The number of halogens is 1. The van der Waals surface area contributed by atoms with Gasteiger partial charge in [-0.25, -0.2) is 4.39 Å². The number of para-hydroxylation sites is 1. The number of anilines is 2. The number of benzene rings is 2. The van der Waals surface area contributed by atoms with Gasteiger partial charge >= 0.3 is 0 Å². The summed E-state index contributed by atoms with van der Waals surface area (Å²) in [5.74, 6) is -1.56. The lowest BCUT2D eigenvalue weighted by Crippen LogP contribution is -2.14. The molecule has 2 aromatic rings. The van der Waals surface area contributed by atoms with E-state index >= 15 is 0 Å². The second kappa shape index (κ2) is 6.06. The molecule has 0 bridgehead atoms. The van der Waals surface area contributed by atoms with Gasteiger partial charge in [0.1, 0.15) is 0 Å². The van der Waals surface area contributed by atoms with Crippen LogP contribution in [-0.2, 0) is 0 Å². The van der Waals surface area contributed by atoms with Crippen LogP contribution in [-0.4, -0.2) is 17.6 Å². The summed E-state index contributed by atoms with van der Waals surface area (Å²) < 4.78 is 13.2. The minimum Gasteiger partial charge on any atom is -0.505 e. The van der Waals surface area contributed by atoms with E-state index in [1.807, 2.05) is 13.0 Å². The molecule has 0 unspecified atom stereocenters. The monoisotopic (exact) mass is 274 g/mol. The van der Waals surface area contributed by atoms with E-state index in [2.05, 4.69) is 10.6 Å². The first-order chi connectivity index (χ1) is 9.61. The van der Waals surface area contributed by atoms with Gasteiger partial charge in [-0.2, -0.15) is 0 Å². The average molecular weight is 274 g/mol. The van der Waals surface area contributed by atoms with E-state index in [-0.39, 0.29) is 11.6 Å². The molecular formula is C15H15FN2O2. The van der Waals surface area contributed by atoms with Crippen molar-refractivity contribution in [1.82, 2.24) is 0 Å². The summed E-state index contributed by atoms with van der Waals surface area (Å²) in [7, 11) is 0. The van der Waals surface area contributed by atoms with Crippen LogP contribution in [0.1, 0.15) is 17.3 Å². The van der Waals surface area contributed by atoms with Crippen molar-refractivity contribution in [3.63, 3.8) is 0 Å². The Labute approximate surface area is 116 Å². The summed E-state index contributed by atoms with van der Waals surface area (Å²) in [6.07, 6.45) is 0. The maximum absolute atomic E-state index is 13.2. The second-order valence-corrected chi connectivity index (χ2v) is 4.20. The highest BCUT2D eigenvalue weighted by molar-refractivity contribution is 6.08. The number of hydrogen-bond donors (Lipinski definition) is 3. The number of phenolic OH excluding ortho intramolecular Hbond substituents is 1. The lowest BCUT2D eigenvalue weighted by molar-refractivity contribution is 0.102. The molecule has 0 aliphatic heterocycles. The third-order valence-corrected chi connectivity index (χ3v) is 2.74. The fraction of sp³-hybridized carbons (Fsp3) is 0.133. The SMILES string of the molecule is CCNc1ccccc1C(=O)Nc1ccc(O)c(F)c1. The number of nitrogens with one attached hydrogen (secondary N) is 2. The highest BCUT2D eigenvalue weighted by atomic mass is 19.1. The normalized spacial score (nSPS) is 10.1. The first kappa shape index (κ1) is 13.9. The van der Waals surface area contributed by atoms with E-state index in [1.54, 1.807) is 18.2 Å². The van der Waals surface area contributed by atoms with Gasteiger partial charge in [-0.3, -0.25) is 4.79 Å². The number of carbonyl (C=O) groups excluding carboxylic acids is 1. The summed E-state index contributed by atoms with van der Waals surface area (Å²) >= 11 is 0. The Hall–Kier alpha value is -2.56. The topological polar surface area (TPSA) is 61.4 Å². The first-order valence-electron chi connectivity index (χ1n) is 6.24. The molecule has 0 heterocycles. The molecule has 20 heavy (non-hydrogen) atoms. The van der Waals surface area contributed by atoms with Crippen molar-refractivity contribution in [2.24, 2.45) is 0 Å². The predicted molar refractivity (Wildman–Crippen MR) is 76.6 cm³/mol. The third-order valence-electron chi connectivity index (χ3n) is 2.74. The molecular weight excluding hydrogens is 259 g/mol. The molecule has 4 nitrogen and oxygen atoms in total. The molecule has 3 N–H and O–H groups in total. The van der Waals surface area contributed by atoms with Crippen LogP contribution in [0.3, 0.4) is 0 Å². The number of amides is 1. The molecule has 0 atom stereocenters. The number of hydrogen-bond acceptors (Lipinski definition) is 3. The van der Waals surface area contributed by atoms with Crippen LogP contribution in [0.25, 0.3) is 0 Å². The number of aromatic hydroxyl groups is 1. The first-order valence-corrected chi connectivity index (χ1v) is 6.24. The Kier molecular flexibility index (Phi) is 4.20. The van der Waals surface area contributed by atoms with Crippen LogP contribution in [0.5, 0.6) is 5.75 Å². The number of carbonyl (C=O) groups is 1. The minimum absolute atomic E-state index is 0.289. The highest BCUT2D eigenvalue weighted by Crippen LogP contribution is 2.21. The van der Waals surface area contributed by atoms with E-state index in [4.69, 9.17) is 5.11 Å². The lowest BCUT2D eigenvalue weighted by atomic mass is 10.1. The van der Waals surface area contributed by atoms with Gasteiger partial charge in [-0.15, -0.1) is 0 Å². The molecule has 2 aromatic carbocycles. The molecule has 2 rings (SSSR count). The fourth-order valence-corrected chi connectivity index (χ4v) is 1.81. The van der Waals surface area contributed by atoms with Crippen molar-refractivity contribution in [2.45, 2.75) is 6.92 Å². The van der Waals surface area contributed by atoms with Crippen LogP contribution in [0, 0.1) is 5.82 Å². The second-order valence-electron chi connectivity index (χ2n) is 4.20. The van der Waals surface area contributed by atoms with Gasteiger partial charge < -0.3 is 15.7 Å². The predicted octanol–water partition coefficient (Wildman–Crippen LogP) is 3.22. The van der Waals surface area contributed by atoms with Crippen LogP contribution in [0.15, 0.2) is 42.5 Å². The van der Waals surface area contributed by atoms with Gasteiger partial charge in [-0.1, -0.05) is 12.1 Å². The lowest BCUT2D eigenvalue weighted by Gasteiger charge is -2.11. The molecule has 5 heteroatoms. The Bertz CT molecular complexity index is 629. The van der Waals surface area contributed by atoms with Crippen molar-refractivity contribution in [1.29, 1.82) is 0 Å². The molecule has 0 aromatic heterocycles.